The molecule has 1 aliphatic rings. The Bertz CT molecular complexity index is 521. The first kappa shape index (κ1) is 14.3. The molecule has 1 amide bonds. The first-order valence-corrected chi connectivity index (χ1v) is 6.44. The van der Waals surface area contributed by atoms with E-state index in [1.165, 1.54) is 11.0 Å². The molecule has 1 heterocycles. The van der Waals surface area contributed by atoms with E-state index in [4.69, 9.17) is 9.84 Å². The van der Waals surface area contributed by atoms with Crippen molar-refractivity contribution < 1.29 is 19.4 Å². The Hall–Kier alpha value is -2.14. The Morgan fingerprint density at radius 1 is 1.35 bits per heavy atom. The van der Waals surface area contributed by atoms with Crippen molar-refractivity contribution in [1.82, 2.24) is 4.90 Å². The summed E-state index contributed by atoms with van der Waals surface area (Å²) in [5.41, 5.74) is 2.10. The van der Waals surface area contributed by atoms with E-state index >= 15 is 0 Å². The number of carbonyl (C=O) groups excluding carboxylic acids is 1. The molecule has 2 rings (SSSR count). The Morgan fingerprint density at radius 3 is 2.70 bits per heavy atom. The summed E-state index contributed by atoms with van der Waals surface area (Å²) in [6.45, 7) is 2.76. The van der Waals surface area contributed by atoms with Gasteiger partial charge in [-0.3, -0.25) is 4.79 Å². The number of carboxylic acid groups (broad SMARTS) is 1. The number of amides is 1. The molecule has 0 aliphatic carbocycles. The van der Waals surface area contributed by atoms with E-state index in [9.17, 15) is 9.59 Å². The molecule has 1 aliphatic heterocycles. The van der Waals surface area contributed by atoms with Gasteiger partial charge in [-0.15, -0.1) is 0 Å². The van der Waals surface area contributed by atoms with E-state index in [1.54, 1.807) is 6.08 Å². The Labute approximate surface area is 117 Å². The van der Waals surface area contributed by atoms with Crippen LogP contribution in [0.5, 0.6) is 0 Å². The number of carbonyl (C=O) groups is 2. The predicted molar refractivity (Wildman–Crippen MR) is 74.2 cm³/mol. The zero-order chi connectivity index (χ0) is 14.5. The zero-order valence-electron chi connectivity index (χ0n) is 11.3. The number of benzene rings is 1. The number of hydrogen-bond acceptors (Lipinski definition) is 3. The van der Waals surface area contributed by atoms with Crippen LogP contribution in [0.25, 0.3) is 6.08 Å². The topological polar surface area (TPSA) is 66.8 Å². The summed E-state index contributed by atoms with van der Waals surface area (Å²) in [4.78, 5) is 24.3. The highest BCUT2D eigenvalue weighted by atomic mass is 16.5. The lowest BCUT2D eigenvalue weighted by atomic mass is 10.1. The SMILES string of the molecule is Cc1ccc(C=CC(=O)N2CCOC(C(=O)O)C2)cc1. The van der Waals surface area contributed by atoms with Crippen LogP contribution in [0.1, 0.15) is 11.1 Å². The van der Waals surface area contributed by atoms with Crippen molar-refractivity contribution >= 4 is 18.0 Å². The van der Waals surface area contributed by atoms with Crippen LogP contribution in [0.15, 0.2) is 30.3 Å². The molecule has 5 nitrogen and oxygen atoms in total. The lowest BCUT2D eigenvalue weighted by Crippen LogP contribution is -2.48. The maximum atomic E-state index is 12.0. The lowest BCUT2D eigenvalue weighted by Gasteiger charge is -2.30. The number of ether oxygens (including phenoxy) is 1. The Balaban J connectivity index is 1.97. The molecule has 1 aromatic rings. The number of rotatable bonds is 3. The number of morpholine rings is 1. The molecule has 0 bridgehead atoms. The summed E-state index contributed by atoms with van der Waals surface area (Å²) >= 11 is 0. The lowest BCUT2D eigenvalue weighted by molar-refractivity contribution is -0.158. The third-order valence-electron chi connectivity index (χ3n) is 3.15. The average Bonchev–Trinajstić information content (AvgIpc) is 2.46. The van der Waals surface area contributed by atoms with Gasteiger partial charge in [0.1, 0.15) is 0 Å². The van der Waals surface area contributed by atoms with Crippen LogP contribution in [-0.2, 0) is 14.3 Å². The van der Waals surface area contributed by atoms with Crippen molar-refractivity contribution in [2.24, 2.45) is 0 Å². The van der Waals surface area contributed by atoms with Gasteiger partial charge in [0.05, 0.1) is 13.2 Å². The number of carboxylic acids is 1. The molecule has 106 valence electrons. The van der Waals surface area contributed by atoms with Crippen molar-refractivity contribution in [2.75, 3.05) is 19.7 Å². The smallest absolute Gasteiger partial charge is 0.334 e. The van der Waals surface area contributed by atoms with E-state index < -0.39 is 12.1 Å². The Kier molecular flexibility index (Phi) is 4.53. The maximum absolute atomic E-state index is 12.0. The molecule has 1 saturated heterocycles. The highest BCUT2D eigenvalue weighted by Gasteiger charge is 2.27. The van der Waals surface area contributed by atoms with Crippen LogP contribution >= 0.6 is 0 Å². The predicted octanol–water partition coefficient (Wildman–Crippen LogP) is 1.32. The highest BCUT2D eigenvalue weighted by molar-refractivity contribution is 5.92. The van der Waals surface area contributed by atoms with Gasteiger partial charge < -0.3 is 14.7 Å². The second kappa shape index (κ2) is 6.34. The minimum atomic E-state index is -1.04. The molecular formula is C15H17NO4. The second-order valence-electron chi connectivity index (χ2n) is 4.73. The normalized spacial score (nSPS) is 19.2. The molecule has 1 N–H and O–H groups in total. The largest absolute Gasteiger partial charge is 0.479 e. The van der Waals surface area contributed by atoms with Crippen LogP contribution in [0.4, 0.5) is 0 Å². The molecule has 0 spiro atoms. The van der Waals surface area contributed by atoms with Crippen LogP contribution in [0.2, 0.25) is 0 Å². The molecular weight excluding hydrogens is 258 g/mol. The highest BCUT2D eigenvalue weighted by Crippen LogP contribution is 2.09. The first-order valence-electron chi connectivity index (χ1n) is 6.44. The van der Waals surface area contributed by atoms with E-state index in [2.05, 4.69) is 0 Å². The molecule has 0 radical (unpaired) electrons. The van der Waals surface area contributed by atoms with Gasteiger partial charge in [0.25, 0.3) is 0 Å². The molecule has 20 heavy (non-hydrogen) atoms. The van der Waals surface area contributed by atoms with Gasteiger partial charge >= 0.3 is 5.97 Å². The van der Waals surface area contributed by atoms with E-state index in [1.807, 2.05) is 31.2 Å². The fraction of sp³-hybridized carbons (Fsp3) is 0.333. The van der Waals surface area contributed by atoms with Gasteiger partial charge in [-0.2, -0.15) is 0 Å². The third kappa shape index (κ3) is 3.68. The van der Waals surface area contributed by atoms with Gasteiger partial charge in [-0.05, 0) is 18.6 Å². The van der Waals surface area contributed by atoms with Crippen LogP contribution < -0.4 is 0 Å². The van der Waals surface area contributed by atoms with Gasteiger partial charge in [0, 0.05) is 12.6 Å². The van der Waals surface area contributed by atoms with Crippen molar-refractivity contribution in [3.8, 4) is 0 Å². The number of aliphatic carboxylic acids is 1. The van der Waals surface area contributed by atoms with E-state index in [0.29, 0.717) is 6.54 Å². The third-order valence-corrected chi connectivity index (χ3v) is 3.15. The minimum Gasteiger partial charge on any atom is -0.479 e. The maximum Gasteiger partial charge on any atom is 0.334 e. The molecule has 1 fully saturated rings. The monoisotopic (exact) mass is 275 g/mol. The molecule has 1 atom stereocenters. The number of aryl methyl sites for hydroxylation is 1. The van der Waals surface area contributed by atoms with E-state index in [-0.39, 0.29) is 19.1 Å². The quantitative estimate of drug-likeness (QED) is 0.845. The summed E-state index contributed by atoms with van der Waals surface area (Å²) in [7, 11) is 0. The van der Waals surface area contributed by atoms with Crippen LogP contribution in [0, 0.1) is 6.92 Å². The van der Waals surface area contributed by atoms with Crippen molar-refractivity contribution in [1.29, 1.82) is 0 Å². The van der Waals surface area contributed by atoms with Crippen molar-refractivity contribution in [3.05, 3.63) is 41.5 Å². The summed E-state index contributed by atoms with van der Waals surface area (Å²) in [5, 5.41) is 8.89. The molecule has 0 aromatic heterocycles. The van der Waals surface area contributed by atoms with Crippen molar-refractivity contribution in [3.63, 3.8) is 0 Å². The van der Waals surface area contributed by atoms with Gasteiger partial charge in [0.2, 0.25) is 5.91 Å². The van der Waals surface area contributed by atoms with Gasteiger partial charge in [0.15, 0.2) is 6.10 Å². The fourth-order valence-corrected chi connectivity index (χ4v) is 1.95. The van der Waals surface area contributed by atoms with Crippen LogP contribution in [0.3, 0.4) is 0 Å². The number of hydrogen-bond donors (Lipinski definition) is 1. The molecule has 1 aromatic carbocycles. The minimum absolute atomic E-state index is 0.0897. The molecule has 5 heteroatoms. The standard InChI is InChI=1S/C15H17NO4/c1-11-2-4-12(5-3-11)6-7-14(17)16-8-9-20-13(10-16)15(18)19/h2-7,13H,8-10H2,1H3,(H,18,19). The molecule has 0 saturated carbocycles. The summed E-state index contributed by atoms with van der Waals surface area (Å²) in [5.74, 6) is -1.23. The molecule has 1 unspecified atom stereocenters. The van der Waals surface area contributed by atoms with Gasteiger partial charge in [-0.1, -0.05) is 29.8 Å². The zero-order valence-corrected chi connectivity index (χ0v) is 11.3. The first-order chi connectivity index (χ1) is 9.56. The van der Waals surface area contributed by atoms with Crippen molar-refractivity contribution in [2.45, 2.75) is 13.0 Å². The van der Waals surface area contributed by atoms with Gasteiger partial charge in [-0.25, -0.2) is 4.79 Å². The van der Waals surface area contributed by atoms with Crippen LogP contribution in [-0.4, -0.2) is 47.7 Å². The number of nitrogens with zero attached hydrogens (tertiary/aromatic N) is 1. The van der Waals surface area contributed by atoms with E-state index in [0.717, 1.165) is 11.1 Å². The summed E-state index contributed by atoms with van der Waals surface area (Å²) in [6, 6.07) is 7.80. The average molecular weight is 275 g/mol. The second-order valence-corrected chi connectivity index (χ2v) is 4.73. The Morgan fingerprint density at radius 2 is 2.05 bits per heavy atom. The summed E-state index contributed by atoms with van der Waals surface area (Å²) < 4.78 is 5.08. The fourth-order valence-electron chi connectivity index (χ4n) is 1.95. The summed E-state index contributed by atoms with van der Waals surface area (Å²) in [6.07, 6.45) is 2.27.